The summed E-state index contributed by atoms with van der Waals surface area (Å²) in [5.41, 5.74) is 1.05. The summed E-state index contributed by atoms with van der Waals surface area (Å²) in [6, 6.07) is 24.9. The summed E-state index contributed by atoms with van der Waals surface area (Å²) in [5, 5.41) is 19.1. The summed E-state index contributed by atoms with van der Waals surface area (Å²) in [6.45, 7) is 0. The molecule has 0 aliphatic carbocycles. The molecule has 0 spiro atoms. The van der Waals surface area contributed by atoms with Gasteiger partial charge in [0, 0.05) is 22.3 Å². The molecule has 0 bridgehead atoms. The topological polar surface area (TPSA) is 109 Å². The zero-order chi connectivity index (χ0) is 26.4. The Hall–Kier alpha value is -5.11. The predicted octanol–water partition coefficient (Wildman–Crippen LogP) is 4.72. The second-order valence-electron chi connectivity index (χ2n) is 7.76. The van der Waals surface area contributed by atoms with Crippen molar-refractivity contribution in [3.63, 3.8) is 0 Å². The van der Waals surface area contributed by atoms with Gasteiger partial charge >= 0.3 is 11.9 Å². The number of hydrogen-bond donors (Lipinski definition) is 2. The quantitative estimate of drug-likeness (QED) is 0.388. The molecule has 4 rings (SSSR count). The van der Waals surface area contributed by atoms with Crippen molar-refractivity contribution >= 4 is 21.8 Å². The number of carbonyl (C=O) groups is 2. The van der Waals surface area contributed by atoms with Gasteiger partial charge in [0.1, 0.15) is 0 Å². The largest absolute Gasteiger partial charge is 0.478 e. The summed E-state index contributed by atoms with van der Waals surface area (Å²) in [6.07, 6.45) is 0. The van der Waals surface area contributed by atoms with Crippen LogP contribution in [0.5, 0.6) is 0 Å². The molecule has 0 radical (unpaired) electrons. The fourth-order valence-corrected chi connectivity index (χ4v) is 4.73. The van der Waals surface area contributed by atoms with Crippen LogP contribution in [0.15, 0.2) is 107 Å². The van der Waals surface area contributed by atoms with Gasteiger partial charge in [0.25, 0.3) is 0 Å². The van der Waals surface area contributed by atoms with E-state index in [2.05, 4.69) is 23.7 Å². The minimum absolute atomic E-state index is 0.0312. The Morgan fingerprint density at radius 3 is 1.27 bits per heavy atom. The maximum Gasteiger partial charge on any atom is 0.336 e. The van der Waals surface area contributed by atoms with Crippen LogP contribution in [0.2, 0.25) is 0 Å². The van der Waals surface area contributed by atoms with E-state index in [1.165, 1.54) is 36.4 Å². The van der Waals surface area contributed by atoms with Gasteiger partial charge < -0.3 is 10.2 Å². The molecule has 0 unspecified atom stereocenters. The summed E-state index contributed by atoms with van der Waals surface area (Å²) in [7, 11) is -4.16. The minimum atomic E-state index is -4.16. The number of rotatable bonds is 4. The molecule has 37 heavy (non-hydrogen) atoms. The lowest BCUT2D eigenvalue weighted by atomic mass is 10.1. The first kappa shape index (κ1) is 25.0. The fourth-order valence-electron chi connectivity index (χ4n) is 3.42. The van der Waals surface area contributed by atoms with Crippen LogP contribution in [0.4, 0.5) is 0 Å². The molecule has 4 aromatic carbocycles. The lowest BCUT2D eigenvalue weighted by Crippen LogP contribution is -2.08. The molecule has 4 aromatic rings. The van der Waals surface area contributed by atoms with Crippen molar-refractivity contribution in [2.24, 2.45) is 0 Å². The van der Waals surface area contributed by atoms with Crippen molar-refractivity contribution in [1.29, 1.82) is 0 Å². The first-order chi connectivity index (χ1) is 17.8. The van der Waals surface area contributed by atoms with E-state index in [1.807, 2.05) is 12.1 Å². The van der Waals surface area contributed by atoms with Gasteiger partial charge in [-0.3, -0.25) is 0 Å². The van der Waals surface area contributed by atoms with E-state index in [0.717, 1.165) is 0 Å². The smallest absolute Gasteiger partial charge is 0.336 e. The molecule has 0 aliphatic heterocycles. The van der Waals surface area contributed by atoms with Crippen molar-refractivity contribution in [1.82, 2.24) is 0 Å². The van der Waals surface area contributed by atoms with Crippen molar-refractivity contribution in [3.05, 3.63) is 130 Å². The SMILES string of the molecule is O=C(O)c1ccc(S(=O)(=O)c2ccc(C(=O)O)c(C#Cc3ccccc3)c2)cc1C#Cc1ccccc1. The number of aromatic carboxylic acids is 2. The number of hydrogen-bond acceptors (Lipinski definition) is 4. The summed E-state index contributed by atoms with van der Waals surface area (Å²) >= 11 is 0. The van der Waals surface area contributed by atoms with Crippen LogP contribution in [-0.2, 0) is 9.84 Å². The van der Waals surface area contributed by atoms with Gasteiger partial charge in [0.05, 0.1) is 20.9 Å². The van der Waals surface area contributed by atoms with Gasteiger partial charge in [-0.1, -0.05) is 60.1 Å². The zero-order valence-corrected chi connectivity index (χ0v) is 20.0. The van der Waals surface area contributed by atoms with Crippen molar-refractivity contribution in [2.45, 2.75) is 9.79 Å². The molecule has 0 aliphatic rings. The third-order valence-corrected chi connectivity index (χ3v) is 7.04. The van der Waals surface area contributed by atoms with Gasteiger partial charge in [0.15, 0.2) is 0 Å². The number of carboxylic acid groups (broad SMARTS) is 2. The van der Waals surface area contributed by atoms with Crippen LogP contribution in [0.25, 0.3) is 0 Å². The zero-order valence-electron chi connectivity index (χ0n) is 19.2. The standard InChI is InChI=1S/C30H18O6S/c31-29(32)27-17-15-25(19-23(27)13-11-21-7-3-1-4-8-21)37(35,36)26-16-18-28(30(33)34)24(20-26)14-12-22-9-5-2-6-10-22/h1-10,15-20H,(H,31,32)(H,33,34). The molecule has 0 fully saturated rings. The molecule has 180 valence electrons. The molecule has 0 aromatic heterocycles. The Balaban J connectivity index is 1.80. The van der Waals surface area contributed by atoms with E-state index in [9.17, 15) is 28.2 Å². The Bertz CT molecular complexity index is 1610. The monoisotopic (exact) mass is 506 g/mol. The normalized spacial score (nSPS) is 10.4. The van der Waals surface area contributed by atoms with Crippen molar-refractivity contribution < 1.29 is 28.2 Å². The molecule has 2 N–H and O–H groups in total. The average molecular weight is 507 g/mol. The van der Waals surface area contributed by atoms with Crippen LogP contribution < -0.4 is 0 Å². The highest BCUT2D eigenvalue weighted by atomic mass is 32.2. The van der Waals surface area contributed by atoms with Crippen LogP contribution in [0.3, 0.4) is 0 Å². The Kier molecular flexibility index (Phi) is 7.20. The number of carboxylic acids is 2. The Morgan fingerprint density at radius 1 is 0.541 bits per heavy atom. The van der Waals surface area contributed by atoms with Gasteiger partial charge in [-0.15, -0.1) is 0 Å². The number of sulfone groups is 1. The molecule has 0 heterocycles. The summed E-state index contributed by atoms with van der Waals surface area (Å²) in [4.78, 5) is 23.1. The third-order valence-electron chi connectivity index (χ3n) is 5.29. The second-order valence-corrected chi connectivity index (χ2v) is 9.71. The lowest BCUT2D eigenvalue weighted by molar-refractivity contribution is 0.0685. The van der Waals surface area contributed by atoms with Crippen LogP contribution in [0.1, 0.15) is 43.0 Å². The highest BCUT2D eigenvalue weighted by molar-refractivity contribution is 7.91. The summed E-state index contributed by atoms with van der Waals surface area (Å²) < 4.78 is 26.9. The molecule has 7 heteroatoms. The molecule has 0 saturated carbocycles. The first-order valence-electron chi connectivity index (χ1n) is 10.9. The van der Waals surface area contributed by atoms with E-state index in [4.69, 9.17) is 0 Å². The molecule has 6 nitrogen and oxygen atoms in total. The van der Waals surface area contributed by atoms with Crippen molar-refractivity contribution in [2.75, 3.05) is 0 Å². The average Bonchev–Trinajstić information content (AvgIpc) is 2.91. The van der Waals surface area contributed by atoms with E-state index in [1.54, 1.807) is 48.5 Å². The van der Waals surface area contributed by atoms with E-state index in [-0.39, 0.29) is 32.0 Å². The third kappa shape index (κ3) is 5.76. The van der Waals surface area contributed by atoms with Gasteiger partial charge in [-0.25, -0.2) is 18.0 Å². The van der Waals surface area contributed by atoms with Crippen LogP contribution in [0, 0.1) is 23.7 Å². The lowest BCUT2D eigenvalue weighted by Gasteiger charge is -2.09. The predicted molar refractivity (Wildman–Crippen MR) is 137 cm³/mol. The fraction of sp³-hybridized carbons (Fsp3) is 0. The van der Waals surface area contributed by atoms with Crippen LogP contribution >= 0.6 is 0 Å². The van der Waals surface area contributed by atoms with E-state index < -0.39 is 21.8 Å². The van der Waals surface area contributed by atoms with E-state index >= 15 is 0 Å². The van der Waals surface area contributed by atoms with E-state index in [0.29, 0.717) is 11.1 Å². The molecular formula is C30H18O6S. The highest BCUT2D eigenvalue weighted by Gasteiger charge is 2.22. The molecule has 0 saturated heterocycles. The minimum Gasteiger partial charge on any atom is -0.478 e. The second kappa shape index (κ2) is 10.7. The summed E-state index contributed by atoms with van der Waals surface area (Å²) in [5.74, 6) is 8.71. The van der Waals surface area contributed by atoms with Gasteiger partial charge in [-0.2, -0.15) is 0 Å². The number of benzene rings is 4. The van der Waals surface area contributed by atoms with Crippen molar-refractivity contribution in [3.8, 4) is 23.7 Å². The molecular weight excluding hydrogens is 488 g/mol. The molecule has 0 atom stereocenters. The van der Waals surface area contributed by atoms with Gasteiger partial charge in [-0.05, 0) is 60.7 Å². The highest BCUT2D eigenvalue weighted by Crippen LogP contribution is 2.25. The Morgan fingerprint density at radius 2 is 0.919 bits per heavy atom. The maximum absolute atomic E-state index is 13.5. The maximum atomic E-state index is 13.5. The first-order valence-corrected chi connectivity index (χ1v) is 12.4. The Labute approximate surface area is 213 Å². The molecule has 0 amide bonds. The van der Waals surface area contributed by atoms with Crippen LogP contribution in [-0.4, -0.2) is 30.6 Å². The van der Waals surface area contributed by atoms with Gasteiger partial charge in [0.2, 0.25) is 9.84 Å².